The average Bonchev–Trinajstić information content (AvgIpc) is 3.52. The fourth-order valence-corrected chi connectivity index (χ4v) is 7.44. The van der Waals surface area contributed by atoms with Gasteiger partial charge in [-0.1, -0.05) is 28.9 Å². The van der Waals surface area contributed by atoms with Gasteiger partial charge in [-0.05, 0) is 69.9 Å². The van der Waals surface area contributed by atoms with Gasteiger partial charge in [-0.3, -0.25) is 0 Å². The second-order valence-corrected chi connectivity index (χ2v) is 15.4. The first-order chi connectivity index (χ1) is 24.1. The lowest BCUT2D eigenvalue weighted by atomic mass is 9.81. The molecule has 0 radical (unpaired) electrons. The second-order valence-electron chi connectivity index (χ2n) is 13.1. The standard InChI is InChI=1S/C36H40ClF2N3O8S/c1-22-15-34(40-50-22)42(20-24-9-12-27(46-5)16-31(24)47-6)51(44,45)33-18-29(38)32(17-30(33)39)48-21-25-19-41(35(43)49-36(2,3)4)14-13-28(25)23-7-10-26(37)11-8-23/h7-12,15-18,25,28H,13-14,19-21H2,1-6H3/t25-,28-/m0/s1. The van der Waals surface area contributed by atoms with E-state index in [9.17, 15) is 13.2 Å². The summed E-state index contributed by atoms with van der Waals surface area (Å²) in [5, 5.41) is 4.40. The van der Waals surface area contributed by atoms with Crippen molar-refractivity contribution in [2.75, 3.05) is 38.2 Å². The van der Waals surface area contributed by atoms with Crippen LogP contribution in [0.2, 0.25) is 5.02 Å². The summed E-state index contributed by atoms with van der Waals surface area (Å²) < 4.78 is 87.7. The van der Waals surface area contributed by atoms with Crippen LogP contribution in [-0.4, -0.2) is 64.1 Å². The zero-order chi connectivity index (χ0) is 37.1. The van der Waals surface area contributed by atoms with E-state index in [1.54, 1.807) is 62.9 Å². The van der Waals surface area contributed by atoms with Crippen LogP contribution in [0.4, 0.5) is 19.4 Å². The van der Waals surface area contributed by atoms with Gasteiger partial charge in [0, 0.05) is 53.9 Å². The molecule has 1 aliphatic heterocycles. The maximum absolute atomic E-state index is 15.8. The molecule has 1 amide bonds. The van der Waals surface area contributed by atoms with Crippen LogP contribution in [0, 0.1) is 24.5 Å². The van der Waals surface area contributed by atoms with Crippen molar-refractivity contribution in [1.82, 2.24) is 10.1 Å². The Morgan fingerprint density at radius 2 is 1.75 bits per heavy atom. The Kier molecular flexibility index (Phi) is 11.3. The number of aromatic nitrogens is 1. The predicted molar refractivity (Wildman–Crippen MR) is 186 cm³/mol. The minimum atomic E-state index is -4.78. The molecule has 1 fully saturated rings. The highest BCUT2D eigenvalue weighted by Crippen LogP contribution is 2.37. The van der Waals surface area contributed by atoms with E-state index in [0.29, 0.717) is 52.9 Å². The first kappa shape index (κ1) is 37.7. The van der Waals surface area contributed by atoms with Gasteiger partial charge in [0.25, 0.3) is 10.0 Å². The molecule has 0 saturated carbocycles. The van der Waals surface area contributed by atoms with Crippen LogP contribution in [0.25, 0.3) is 0 Å². The van der Waals surface area contributed by atoms with Crippen molar-refractivity contribution in [2.45, 2.75) is 57.1 Å². The summed E-state index contributed by atoms with van der Waals surface area (Å²) in [5.41, 5.74) is 0.634. The van der Waals surface area contributed by atoms with Gasteiger partial charge >= 0.3 is 6.09 Å². The number of carbonyl (C=O) groups excluding carboxylic acids is 1. The van der Waals surface area contributed by atoms with Gasteiger partial charge in [0.05, 0.1) is 27.4 Å². The zero-order valence-electron chi connectivity index (χ0n) is 29.1. The molecule has 3 aromatic carbocycles. The van der Waals surface area contributed by atoms with E-state index >= 15 is 8.78 Å². The Hall–Kier alpha value is -4.56. The van der Waals surface area contributed by atoms with Gasteiger partial charge in [0.15, 0.2) is 17.4 Å². The Bertz CT molecular complexity index is 1970. The Morgan fingerprint density at radius 3 is 2.37 bits per heavy atom. The lowest BCUT2D eigenvalue weighted by molar-refractivity contribution is 0.0110. The number of nitrogens with zero attached hydrogens (tertiary/aromatic N) is 3. The minimum Gasteiger partial charge on any atom is -0.497 e. The highest BCUT2D eigenvalue weighted by Gasteiger charge is 2.36. The lowest BCUT2D eigenvalue weighted by Gasteiger charge is -2.39. The SMILES string of the molecule is COc1ccc(CN(c2cc(C)on2)S(=O)(=O)c2cc(F)c(OC[C@@H]3CN(C(=O)OC(C)(C)C)CC[C@H]3c3ccc(Cl)cc3)cc2F)c(OC)c1. The number of rotatable bonds is 11. The number of methoxy groups -OCH3 is 2. The molecule has 11 nitrogen and oxygen atoms in total. The van der Waals surface area contributed by atoms with Crippen LogP contribution in [-0.2, 0) is 21.3 Å². The van der Waals surface area contributed by atoms with E-state index in [2.05, 4.69) is 5.16 Å². The van der Waals surface area contributed by atoms with Crippen LogP contribution in [0.3, 0.4) is 0 Å². The minimum absolute atomic E-state index is 0.108. The smallest absolute Gasteiger partial charge is 0.410 e. The number of aryl methyl sites for hydroxylation is 1. The summed E-state index contributed by atoms with van der Waals surface area (Å²) in [6, 6.07) is 14.7. The molecule has 1 aliphatic rings. The van der Waals surface area contributed by atoms with Crippen LogP contribution in [0.15, 0.2) is 70.1 Å². The molecule has 0 spiro atoms. The van der Waals surface area contributed by atoms with Crippen LogP contribution in [0.1, 0.15) is 50.0 Å². The first-order valence-corrected chi connectivity index (χ1v) is 17.9. The third-order valence-corrected chi connectivity index (χ3v) is 10.4. The first-order valence-electron chi connectivity index (χ1n) is 16.1. The van der Waals surface area contributed by atoms with E-state index in [4.69, 9.17) is 35.1 Å². The maximum Gasteiger partial charge on any atom is 0.410 e. The molecule has 15 heteroatoms. The number of halogens is 3. The zero-order valence-corrected chi connectivity index (χ0v) is 30.7. The van der Waals surface area contributed by atoms with Crippen molar-refractivity contribution >= 4 is 33.5 Å². The Labute approximate surface area is 301 Å². The number of sulfonamides is 1. The van der Waals surface area contributed by atoms with Gasteiger partial charge in [-0.15, -0.1) is 0 Å². The third kappa shape index (κ3) is 8.85. The highest BCUT2D eigenvalue weighted by molar-refractivity contribution is 7.92. The fourth-order valence-electron chi connectivity index (χ4n) is 5.87. The molecule has 5 rings (SSSR count). The molecule has 1 aromatic heterocycles. The number of benzene rings is 3. The molecule has 0 N–H and O–H groups in total. The lowest BCUT2D eigenvalue weighted by Crippen LogP contribution is -2.46. The number of amides is 1. The average molecular weight is 748 g/mol. The van der Waals surface area contributed by atoms with E-state index in [1.165, 1.54) is 20.3 Å². The van der Waals surface area contributed by atoms with Crippen molar-refractivity contribution in [1.29, 1.82) is 0 Å². The number of piperidine rings is 1. The molecular formula is C36H40ClF2N3O8S. The molecule has 51 heavy (non-hydrogen) atoms. The van der Waals surface area contributed by atoms with E-state index in [0.717, 1.165) is 9.87 Å². The number of likely N-dealkylation sites (tertiary alicyclic amines) is 1. The van der Waals surface area contributed by atoms with E-state index in [-0.39, 0.29) is 37.4 Å². The molecule has 274 valence electrons. The van der Waals surface area contributed by atoms with Crippen LogP contribution >= 0.6 is 11.6 Å². The van der Waals surface area contributed by atoms with Gasteiger partial charge in [-0.2, -0.15) is 0 Å². The normalized spacial score (nSPS) is 16.5. The number of hydrogen-bond donors (Lipinski definition) is 0. The van der Waals surface area contributed by atoms with Crippen molar-refractivity contribution < 1.29 is 45.5 Å². The maximum atomic E-state index is 15.8. The number of carbonyl (C=O) groups is 1. The van der Waals surface area contributed by atoms with Crippen molar-refractivity contribution in [3.8, 4) is 17.2 Å². The number of hydrogen-bond acceptors (Lipinski definition) is 9. The van der Waals surface area contributed by atoms with Gasteiger partial charge in [0.1, 0.15) is 33.6 Å². The van der Waals surface area contributed by atoms with Crippen LogP contribution in [0.5, 0.6) is 17.2 Å². The molecule has 0 unspecified atom stereocenters. The Balaban J connectivity index is 1.42. The Morgan fingerprint density at radius 1 is 1.02 bits per heavy atom. The quantitative estimate of drug-likeness (QED) is 0.152. The van der Waals surface area contributed by atoms with Crippen molar-refractivity contribution in [3.05, 3.63) is 94.2 Å². The van der Waals surface area contributed by atoms with Crippen LogP contribution < -0.4 is 18.5 Å². The largest absolute Gasteiger partial charge is 0.497 e. The van der Waals surface area contributed by atoms with Gasteiger partial charge in [-0.25, -0.2) is 26.3 Å². The predicted octanol–water partition coefficient (Wildman–Crippen LogP) is 7.75. The molecular weight excluding hydrogens is 708 g/mol. The summed E-state index contributed by atoms with van der Waals surface area (Å²) in [6.07, 6.45) is 0.0622. The summed E-state index contributed by atoms with van der Waals surface area (Å²) in [6.45, 7) is 7.05. The van der Waals surface area contributed by atoms with E-state index in [1.807, 2.05) is 12.1 Å². The fraction of sp³-hybridized carbons (Fsp3) is 0.389. The summed E-state index contributed by atoms with van der Waals surface area (Å²) >= 11 is 6.12. The van der Waals surface area contributed by atoms with Crippen molar-refractivity contribution in [3.63, 3.8) is 0 Å². The van der Waals surface area contributed by atoms with Gasteiger partial charge in [0.2, 0.25) is 0 Å². The molecule has 0 bridgehead atoms. The van der Waals surface area contributed by atoms with Gasteiger partial charge < -0.3 is 28.4 Å². The molecule has 2 heterocycles. The molecule has 1 saturated heterocycles. The summed E-state index contributed by atoms with van der Waals surface area (Å²) in [4.78, 5) is 13.6. The van der Waals surface area contributed by atoms with E-state index < -0.39 is 44.0 Å². The second kappa shape index (κ2) is 15.4. The topological polar surface area (TPSA) is 121 Å². The highest BCUT2D eigenvalue weighted by atomic mass is 35.5. The molecule has 2 atom stereocenters. The monoisotopic (exact) mass is 747 g/mol. The summed E-state index contributed by atoms with van der Waals surface area (Å²) in [7, 11) is -1.90. The number of anilines is 1. The molecule has 4 aromatic rings. The summed E-state index contributed by atoms with van der Waals surface area (Å²) in [5.74, 6) is -2.38. The third-order valence-electron chi connectivity index (χ3n) is 8.37. The molecule has 0 aliphatic carbocycles. The number of ether oxygens (including phenoxy) is 4. The van der Waals surface area contributed by atoms with Crippen molar-refractivity contribution in [2.24, 2.45) is 5.92 Å².